The number of nitrogens with zero attached hydrogens (tertiary/aromatic N) is 3. The zero-order valence-corrected chi connectivity index (χ0v) is 18.1. The van der Waals surface area contributed by atoms with Crippen LogP contribution in [0.3, 0.4) is 0 Å². The summed E-state index contributed by atoms with van der Waals surface area (Å²) in [4.78, 5) is 38.5. The summed E-state index contributed by atoms with van der Waals surface area (Å²) in [6.07, 6.45) is 2.95. The summed E-state index contributed by atoms with van der Waals surface area (Å²) in [6, 6.07) is 6.92. The average Bonchev–Trinajstić information content (AvgIpc) is 3.16. The number of ether oxygens (including phenoxy) is 2. The van der Waals surface area contributed by atoms with Crippen LogP contribution in [-0.2, 0) is 14.3 Å². The molecule has 9 nitrogen and oxygen atoms in total. The van der Waals surface area contributed by atoms with Crippen LogP contribution >= 0.6 is 0 Å². The van der Waals surface area contributed by atoms with E-state index in [1.807, 2.05) is 6.07 Å². The molecule has 1 aliphatic rings. The molecule has 1 aliphatic heterocycles. The van der Waals surface area contributed by atoms with E-state index < -0.39 is 5.97 Å². The minimum Gasteiger partial charge on any atom is -0.466 e. The van der Waals surface area contributed by atoms with E-state index in [1.54, 1.807) is 48.6 Å². The van der Waals surface area contributed by atoms with Gasteiger partial charge in [0.1, 0.15) is 5.56 Å². The number of piperidine rings is 1. The van der Waals surface area contributed by atoms with Gasteiger partial charge >= 0.3 is 18.0 Å². The second-order valence-corrected chi connectivity index (χ2v) is 7.29. The van der Waals surface area contributed by atoms with Crippen molar-refractivity contribution in [3.63, 3.8) is 0 Å². The Labute approximate surface area is 181 Å². The Balaban J connectivity index is 1.70. The van der Waals surface area contributed by atoms with E-state index in [2.05, 4.69) is 10.4 Å². The predicted octanol–water partition coefficient (Wildman–Crippen LogP) is 3.16. The van der Waals surface area contributed by atoms with Crippen LogP contribution in [0.4, 0.5) is 10.5 Å². The van der Waals surface area contributed by atoms with Gasteiger partial charge in [-0.1, -0.05) is 6.07 Å². The predicted molar refractivity (Wildman–Crippen MR) is 114 cm³/mol. The first kappa shape index (κ1) is 22.3. The van der Waals surface area contributed by atoms with Crippen molar-refractivity contribution in [1.82, 2.24) is 14.7 Å². The second-order valence-electron chi connectivity index (χ2n) is 7.29. The maximum atomic E-state index is 12.8. The molecular formula is C22H28N4O5. The molecule has 1 N–H and O–H groups in total. The molecule has 3 rings (SSSR count). The summed E-state index contributed by atoms with van der Waals surface area (Å²) in [5, 5.41) is 7.17. The molecule has 2 aromatic rings. The van der Waals surface area contributed by atoms with Gasteiger partial charge in [0.2, 0.25) is 0 Å². The fraction of sp³-hybridized carbons (Fsp3) is 0.455. The largest absolute Gasteiger partial charge is 0.466 e. The lowest BCUT2D eigenvalue weighted by molar-refractivity contribution is -0.149. The molecule has 166 valence electrons. The minimum absolute atomic E-state index is 0.256. The third-order valence-corrected chi connectivity index (χ3v) is 5.18. The summed E-state index contributed by atoms with van der Waals surface area (Å²) in [5.41, 5.74) is 2.34. The van der Waals surface area contributed by atoms with Gasteiger partial charge in [-0.25, -0.2) is 14.3 Å². The molecule has 1 aromatic heterocycles. The van der Waals surface area contributed by atoms with E-state index in [-0.39, 0.29) is 17.9 Å². The number of anilines is 1. The van der Waals surface area contributed by atoms with Gasteiger partial charge in [0, 0.05) is 18.8 Å². The summed E-state index contributed by atoms with van der Waals surface area (Å²) in [6.45, 7) is 6.86. The number of hydrogen-bond donors (Lipinski definition) is 1. The molecule has 1 unspecified atom stereocenters. The number of esters is 2. The smallest absolute Gasteiger partial charge is 0.341 e. The van der Waals surface area contributed by atoms with E-state index in [4.69, 9.17) is 9.47 Å². The molecule has 0 bridgehead atoms. The number of rotatable bonds is 6. The number of hydrogen-bond acceptors (Lipinski definition) is 6. The summed E-state index contributed by atoms with van der Waals surface area (Å²) in [7, 11) is 0. The Hall–Kier alpha value is -3.36. The Morgan fingerprint density at radius 1 is 1.19 bits per heavy atom. The quantitative estimate of drug-likeness (QED) is 0.709. The number of aromatic nitrogens is 2. The van der Waals surface area contributed by atoms with Crippen LogP contribution in [0, 0.1) is 12.8 Å². The number of nitrogens with one attached hydrogen (secondary N) is 1. The monoisotopic (exact) mass is 428 g/mol. The molecule has 0 radical (unpaired) electrons. The lowest BCUT2D eigenvalue weighted by Crippen LogP contribution is -2.44. The van der Waals surface area contributed by atoms with Crippen molar-refractivity contribution < 1.29 is 23.9 Å². The fourth-order valence-electron chi connectivity index (χ4n) is 3.61. The van der Waals surface area contributed by atoms with E-state index in [9.17, 15) is 14.4 Å². The standard InChI is InChI=1S/C22H28N4O5/c1-4-30-20(27)16-8-7-11-25(14-16)22(29)24-17-9-6-10-18(12-17)26-15(3)19(13-23-26)21(28)31-5-2/h6,9-10,12-13,16H,4-5,7-8,11,14H2,1-3H3,(H,24,29). The third kappa shape index (κ3) is 5.22. The first-order chi connectivity index (χ1) is 14.9. The number of benzene rings is 1. The first-order valence-corrected chi connectivity index (χ1v) is 10.5. The van der Waals surface area contributed by atoms with Gasteiger partial charge in [0.15, 0.2) is 0 Å². The Morgan fingerprint density at radius 2 is 1.97 bits per heavy atom. The molecule has 1 aromatic carbocycles. The molecule has 0 spiro atoms. The molecule has 1 atom stereocenters. The van der Waals surface area contributed by atoms with Gasteiger partial charge in [0.25, 0.3) is 0 Å². The van der Waals surface area contributed by atoms with Crippen molar-refractivity contribution in [3.8, 4) is 5.69 Å². The van der Waals surface area contributed by atoms with Crippen molar-refractivity contribution in [2.75, 3.05) is 31.6 Å². The van der Waals surface area contributed by atoms with Crippen LogP contribution in [0.1, 0.15) is 42.7 Å². The van der Waals surface area contributed by atoms with Crippen molar-refractivity contribution >= 4 is 23.7 Å². The van der Waals surface area contributed by atoms with Crippen LogP contribution in [-0.4, -0.2) is 59.0 Å². The highest BCUT2D eigenvalue weighted by Crippen LogP contribution is 2.21. The number of likely N-dealkylation sites (tertiary alicyclic amines) is 1. The maximum absolute atomic E-state index is 12.8. The third-order valence-electron chi connectivity index (χ3n) is 5.18. The number of carbonyl (C=O) groups excluding carboxylic acids is 3. The zero-order valence-electron chi connectivity index (χ0n) is 18.1. The van der Waals surface area contributed by atoms with Gasteiger partial charge in [-0.05, 0) is 51.8 Å². The number of urea groups is 1. The molecular weight excluding hydrogens is 400 g/mol. The number of carbonyl (C=O) groups is 3. The highest BCUT2D eigenvalue weighted by atomic mass is 16.5. The molecule has 9 heteroatoms. The van der Waals surface area contributed by atoms with Crippen LogP contribution in [0.5, 0.6) is 0 Å². The molecule has 2 amide bonds. The van der Waals surface area contributed by atoms with E-state index in [1.165, 1.54) is 6.20 Å². The molecule has 31 heavy (non-hydrogen) atoms. The van der Waals surface area contributed by atoms with Gasteiger partial charge < -0.3 is 19.7 Å². The van der Waals surface area contributed by atoms with E-state index >= 15 is 0 Å². The fourth-order valence-corrected chi connectivity index (χ4v) is 3.61. The highest BCUT2D eigenvalue weighted by Gasteiger charge is 2.29. The summed E-state index contributed by atoms with van der Waals surface area (Å²) in [5.74, 6) is -0.968. The molecule has 1 saturated heterocycles. The first-order valence-electron chi connectivity index (χ1n) is 10.5. The Kier molecular flexibility index (Phi) is 7.28. The van der Waals surface area contributed by atoms with Crippen LogP contribution < -0.4 is 5.32 Å². The summed E-state index contributed by atoms with van der Waals surface area (Å²) >= 11 is 0. The lowest BCUT2D eigenvalue weighted by atomic mass is 9.98. The second kappa shape index (κ2) is 10.1. The van der Waals surface area contributed by atoms with Crippen molar-refractivity contribution in [3.05, 3.63) is 41.7 Å². The normalized spacial score (nSPS) is 16.0. The van der Waals surface area contributed by atoms with Gasteiger partial charge in [0.05, 0.1) is 36.7 Å². The number of amides is 2. The molecule has 1 fully saturated rings. The van der Waals surface area contributed by atoms with Gasteiger partial charge in [-0.15, -0.1) is 0 Å². The summed E-state index contributed by atoms with van der Waals surface area (Å²) < 4.78 is 11.8. The topological polar surface area (TPSA) is 103 Å². The van der Waals surface area contributed by atoms with Crippen molar-refractivity contribution in [1.29, 1.82) is 0 Å². The van der Waals surface area contributed by atoms with Crippen molar-refractivity contribution in [2.24, 2.45) is 5.92 Å². The SMILES string of the molecule is CCOC(=O)c1cnn(-c2cccc(NC(=O)N3CCCC(C(=O)OCC)C3)c2)c1C. The minimum atomic E-state index is -0.419. The lowest BCUT2D eigenvalue weighted by Gasteiger charge is -2.31. The highest BCUT2D eigenvalue weighted by molar-refractivity contribution is 5.91. The van der Waals surface area contributed by atoms with Gasteiger partial charge in [-0.3, -0.25) is 4.79 Å². The van der Waals surface area contributed by atoms with Gasteiger partial charge in [-0.2, -0.15) is 5.10 Å². The molecule has 2 heterocycles. The van der Waals surface area contributed by atoms with Crippen LogP contribution in [0.15, 0.2) is 30.5 Å². The van der Waals surface area contributed by atoms with E-state index in [0.717, 1.165) is 12.8 Å². The van der Waals surface area contributed by atoms with Crippen LogP contribution in [0.2, 0.25) is 0 Å². The zero-order chi connectivity index (χ0) is 22.4. The maximum Gasteiger partial charge on any atom is 0.341 e. The Morgan fingerprint density at radius 3 is 2.71 bits per heavy atom. The molecule has 0 saturated carbocycles. The van der Waals surface area contributed by atoms with Crippen molar-refractivity contribution in [2.45, 2.75) is 33.6 Å². The van der Waals surface area contributed by atoms with Crippen LogP contribution in [0.25, 0.3) is 5.69 Å². The molecule has 0 aliphatic carbocycles. The average molecular weight is 428 g/mol. The van der Waals surface area contributed by atoms with E-state index in [0.29, 0.717) is 48.9 Å². The Bertz CT molecular complexity index is 955.